The quantitative estimate of drug-likeness (QED) is 0.537. The molecular weight excluding hydrogens is 288 g/mol. The van der Waals surface area contributed by atoms with Gasteiger partial charge in [0, 0.05) is 25.0 Å². The molecule has 0 saturated carbocycles. The van der Waals surface area contributed by atoms with Gasteiger partial charge in [0.15, 0.2) is 0 Å². The lowest BCUT2D eigenvalue weighted by Crippen LogP contribution is -2.03. The van der Waals surface area contributed by atoms with Crippen LogP contribution in [0.25, 0.3) is 11.0 Å². The van der Waals surface area contributed by atoms with E-state index in [1.54, 1.807) is 12.4 Å². The normalized spacial score (nSPS) is 11.0. The molecule has 0 N–H and O–H groups in total. The number of hydrogen-bond donors (Lipinski definition) is 0. The van der Waals surface area contributed by atoms with Crippen molar-refractivity contribution in [2.45, 2.75) is 12.8 Å². The number of pyridine rings is 2. The SMILES string of the molecule is Cn1cncc1CCCOc1ccc2nc(Cl)ccc2n1. The van der Waals surface area contributed by atoms with Gasteiger partial charge in [-0.2, -0.15) is 0 Å². The number of halogens is 1. The first-order valence-electron chi connectivity index (χ1n) is 6.74. The Morgan fingerprint density at radius 2 is 1.95 bits per heavy atom. The second-order valence-electron chi connectivity index (χ2n) is 4.77. The van der Waals surface area contributed by atoms with Gasteiger partial charge in [0.05, 0.1) is 24.0 Å². The molecule has 0 bridgehead atoms. The van der Waals surface area contributed by atoms with Crippen LogP contribution in [0.5, 0.6) is 5.88 Å². The van der Waals surface area contributed by atoms with Gasteiger partial charge in [0.1, 0.15) is 5.15 Å². The van der Waals surface area contributed by atoms with Crippen molar-refractivity contribution in [3.05, 3.63) is 47.6 Å². The van der Waals surface area contributed by atoms with Crippen LogP contribution in [0, 0.1) is 0 Å². The van der Waals surface area contributed by atoms with Gasteiger partial charge in [-0.3, -0.25) is 0 Å². The average molecular weight is 303 g/mol. The second kappa shape index (κ2) is 6.10. The van der Waals surface area contributed by atoms with Crippen LogP contribution >= 0.6 is 11.6 Å². The Hall–Kier alpha value is -2.14. The Morgan fingerprint density at radius 1 is 1.14 bits per heavy atom. The van der Waals surface area contributed by atoms with E-state index in [1.165, 1.54) is 5.69 Å². The summed E-state index contributed by atoms with van der Waals surface area (Å²) < 4.78 is 7.70. The van der Waals surface area contributed by atoms with Crippen molar-refractivity contribution in [2.24, 2.45) is 7.05 Å². The first-order valence-corrected chi connectivity index (χ1v) is 7.11. The van der Waals surface area contributed by atoms with Gasteiger partial charge < -0.3 is 9.30 Å². The van der Waals surface area contributed by atoms with Crippen molar-refractivity contribution in [1.29, 1.82) is 0 Å². The van der Waals surface area contributed by atoms with Crippen LogP contribution in [0.15, 0.2) is 36.8 Å². The third-order valence-electron chi connectivity index (χ3n) is 3.23. The molecule has 0 unspecified atom stereocenters. The van der Waals surface area contributed by atoms with Gasteiger partial charge in [-0.25, -0.2) is 15.0 Å². The number of aryl methyl sites for hydroxylation is 2. The molecular formula is C15H15ClN4O. The Kier molecular flexibility index (Phi) is 4.01. The van der Waals surface area contributed by atoms with Crippen LogP contribution in [0.4, 0.5) is 0 Å². The number of fused-ring (bicyclic) bond motifs is 1. The highest BCUT2D eigenvalue weighted by Gasteiger charge is 2.02. The highest BCUT2D eigenvalue weighted by atomic mass is 35.5. The lowest BCUT2D eigenvalue weighted by atomic mass is 10.2. The van der Waals surface area contributed by atoms with Crippen LogP contribution in [0.2, 0.25) is 5.15 Å². The van der Waals surface area contributed by atoms with Crippen LogP contribution in [0.3, 0.4) is 0 Å². The van der Waals surface area contributed by atoms with E-state index in [0.29, 0.717) is 17.6 Å². The van der Waals surface area contributed by atoms with Crippen molar-refractivity contribution >= 4 is 22.6 Å². The summed E-state index contributed by atoms with van der Waals surface area (Å²) in [5.74, 6) is 0.608. The standard InChI is InChI=1S/C15H15ClN4O/c1-20-10-17-9-11(20)3-2-8-21-15-7-5-12-13(19-15)4-6-14(16)18-12/h4-7,9-10H,2-3,8H2,1H3. The van der Waals surface area contributed by atoms with Gasteiger partial charge in [0.25, 0.3) is 0 Å². The molecule has 108 valence electrons. The van der Waals surface area contributed by atoms with Crippen molar-refractivity contribution in [3.63, 3.8) is 0 Å². The van der Waals surface area contributed by atoms with E-state index in [-0.39, 0.29) is 0 Å². The average Bonchev–Trinajstić information content (AvgIpc) is 2.89. The molecule has 21 heavy (non-hydrogen) atoms. The minimum absolute atomic E-state index is 0.467. The smallest absolute Gasteiger partial charge is 0.213 e. The number of rotatable bonds is 5. The minimum atomic E-state index is 0.467. The molecule has 0 aliphatic rings. The first kappa shape index (κ1) is 13.8. The Bertz CT molecular complexity index is 756. The summed E-state index contributed by atoms with van der Waals surface area (Å²) >= 11 is 5.85. The van der Waals surface area contributed by atoms with Gasteiger partial charge in [-0.05, 0) is 31.0 Å². The van der Waals surface area contributed by atoms with Crippen LogP contribution in [0.1, 0.15) is 12.1 Å². The largest absolute Gasteiger partial charge is 0.478 e. The van der Waals surface area contributed by atoms with E-state index in [0.717, 1.165) is 23.9 Å². The molecule has 0 aliphatic carbocycles. The summed E-state index contributed by atoms with van der Waals surface area (Å²) in [6.07, 6.45) is 5.53. The van der Waals surface area contributed by atoms with Gasteiger partial charge in [-0.1, -0.05) is 11.6 Å². The predicted molar refractivity (Wildman–Crippen MR) is 81.6 cm³/mol. The van der Waals surface area contributed by atoms with E-state index < -0.39 is 0 Å². The number of nitrogens with zero attached hydrogens (tertiary/aromatic N) is 4. The van der Waals surface area contributed by atoms with Gasteiger partial charge >= 0.3 is 0 Å². The molecule has 6 heteroatoms. The van der Waals surface area contributed by atoms with Crippen molar-refractivity contribution in [3.8, 4) is 5.88 Å². The van der Waals surface area contributed by atoms with E-state index in [2.05, 4.69) is 15.0 Å². The summed E-state index contributed by atoms with van der Waals surface area (Å²) in [6, 6.07) is 7.25. The van der Waals surface area contributed by atoms with Crippen molar-refractivity contribution in [1.82, 2.24) is 19.5 Å². The van der Waals surface area contributed by atoms with Crippen LogP contribution in [-0.4, -0.2) is 26.1 Å². The molecule has 0 aromatic carbocycles. The maximum absolute atomic E-state index is 5.85. The fourth-order valence-electron chi connectivity index (χ4n) is 2.10. The second-order valence-corrected chi connectivity index (χ2v) is 5.16. The number of imidazole rings is 1. The zero-order valence-corrected chi connectivity index (χ0v) is 12.4. The maximum Gasteiger partial charge on any atom is 0.213 e. The Morgan fingerprint density at radius 3 is 2.76 bits per heavy atom. The zero-order valence-electron chi connectivity index (χ0n) is 11.7. The summed E-state index contributed by atoms with van der Waals surface area (Å²) in [4.78, 5) is 12.7. The molecule has 0 radical (unpaired) electrons. The molecule has 3 rings (SSSR count). The number of hydrogen-bond acceptors (Lipinski definition) is 4. The zero-order chi connectivity index (χ0) is 14.7. The molecule has 0 fully saturated rings. The molecule has 0 atom stereocenters. The van der Waals surface area contributed by atoms with E-state index in [9.17, 15) is 0 Å². The lowest BCUT2D eigenvalue weighted by molar-refractivity contribution is 0.299. The summed E-state index contributed by atoms with van der Waals surface area (Å²) in [6.45, 7) is 0.616. The fraction of sp³-hybridized carbons (Fsp3) is 0.267. The summed E-state index contributed by atoms with van der Waals surface area (Å²) in [5.41, 5.74) is 2.75. The van der Waals surface area contributed by atoms with Gasteiger partial charge in [-0.15, -0.1) is 0 Å². The third kappa shape index (κ3) is 3.31. The number of ether oxygens (including phenoxy) is 1. The van der Waals surface area contributed by atoms with Crippen LogP contribution in [-0.2, 0) is 13.5 Å². The van der Waals surface area contributed by atoms with Crippen molar-refractivity contribution in [2.75, 3.05) is 6.61 Å². The minimum Gasteiger partial charge on any atom is -0.478 e. The first-order chi connectivity index (χ1) is 10.2. The van der Waals surface area contributed by atoms with E-state index in [1.807, 2.05) is 36.0 Å². The summed E-state index contributed by atoms with van der Waals surface area (Å²) in [5, 5.41) is 0.467. The Balaban J connectivity index is 1.58. The van der Waals surface area contributed by atoms with E-state index >= 15 is 0 Å². The lowest BCUT2D eigenvalue weighted by Gasteiger charge is -2.06. The predicted octanol–water partition coefficient (Wildman–Crippen LogP) is 3.03. The molecule has 0 saturated heterocycles. The topological polar surface area (TPSA) is 52.8 Å². The molecule has 3 heterocycles. The fourth-order valence-corrected chi connectivity index (χ4v) is 2.26. The third-order valence-corrected chi connectivity index (χ3v) is 3.44. The molecule has 5 nitrogen and oxygen atoms in total. The maximum atomic E-state index is 5.85. The van der Waals surface area contributed by atoms with E-state index in [4.69, 9.17) is 16.3 Å². The van der Waals surface area contributed by atoms with Gasteiger partial charge in [0.2, 0.25) is 5.88 Å². The molecule has 0 spiro atoms. The molecule has 3 aromatic rings. The van der Waals surface area contributed by atoms with Crippen LogP contribution < -0.4 is 4.74 Å². The summed E-state index contributed by atoms with van der Waals surface area (Å²) in [7, 11) is 1.99. The molecule has 0 amide bonds. The molecule has 0 aliphatic heterocycles. The Labute approximate surface area is 127 Å². The van der Waals surface area contributed by atoms with Crippen molar-refractivity contribution < 1.29 is 4.74 Å². The molecule has 3 aromatic heterocycles. The highest BCUT2D eigenvalue weighted by molar-refractivity contribution is 6.29. The monoisotopic (exact) mass is 302 g/mol. The highest BCUT2D eigenvalue weighted by Crippen LogP contribution is 2.17. The number of aromatic nitrogens is 4.